The normalized spacial score (nSPS) is 10.6. The largest absolute Gasteiger partial charge is 0.398 e. The number of nitriles is 1. The van der Waals surface area contributed by atoms with Gasteiger partial charge < -0.3 is 11.1 Å². The van der Waals surface area contributed by atoms with Crippen molar-refractivity contribution in [2.75, 3.05) is 12.3 Å². The van der Waals surface area contributed by atoms with Gasteiger partial charge >= 0.3 is 6.03 Å². The van der Waals surface area contributed by atoms with Gasteiger partial charge in [0.05, 0.1) is 17.3 Å². The Morgan fingerprint density at radius 3 is 2.70 bits per heavy atom. The highest BCUT2D eigenvalue weighted by molar-refractivity contribution is 7.90. The summed E-state index contributed by atoms with van der Waals surface area (Å²) in [6.07, 6.45) is 1.64. The summed E-state index contributed by atoms with van der Waals surface area (Å²) in [5, 5.41) is 11.1. The van der Waals surface area contributed by atoms with E-state index in [0.717, 1.165) is 12.8 Å². The van der Waals surface area contributed by atoms with Crippen LogP contribution in [0.15, 0.2) is 23.1 Å². The number of amides is 2. The Kier molecular flexibility index (Phi) is 5.34. The highest BCUT2D eigenvalue weighted by atomic mass is 32.2. The van der Waals surface area contributed by atoms with Crippen molar-refractivity contribution in [1.82, 2.24) is 10.0 Å². The Bertz CT molecular complexity index is 635. The molecule has 7 nitrogen and oxygen atoms in total. The highest BCUT2D eigenvalue weighted by Crippen LogP contribution is 2.19. The molecule has 0 aliphatic rings. The quantitative estimate of drug-likeness (QED) is 0.550. The summed E-state index contributed by atoms with van der Waals surface area (Å²) in [4.78, 5) is 11.2. The lowest BCUT2D eigenvalue weighted by atomic mass is 10.2. The summed E-state index contributed by atoms with van der Waals surface area (Å²) in [5.41, 5.74) is 5.74. The van der Waals surface area contributed by atoms with E-state index in [1.54, 1.807) is 0 Å². The van der Waals surface area contributed by atoms with E-state index in [1.165, 1.54) is 18.2 Å². The fraction of sp³-hybridized carbons (Fsp3) is 0.333. The van der Waals surface area contributed by atoms with Crippen LogP contribution in [0.1, 0.15) is 25.3 Å². The average molecular weight is 296 g/mol. The van der Waals surface area contributed by atoms with E-state index in [2.05, 4.69) is 5.32 Å². The molecule has 20 heavy (non-hydrogen) atoms. The highest BCUT2D eigenvalue weighted by Gasteiger charge is 2.20. The van der Waals surface area contributed by atoms with E-state index in [1.807, 2.05) is 17.7 Å². The molecule has 1 rings (SSSR count). The average Bonchev–Trinajstić information content (AvgIpc) is 2.37. The van der Waals surface area contributed by atoms with Crippen molar-refractivity contribution in [1.29, 1.82) is 5.26 Å². The summed E-state index contributed by atoms with van der Waals surface area (Å²) in [6, 6.07) is 4.79. The molecule has 0 spiro atoms. The first-order chi connectivity index (χ1) is 9.40. The Morgan fingerprint density at radius 1 is 1.45 bits per heavy atom. The predicted molar refractivity (Wildman–Crippen MR) is 74.2 cm³/mol. The van der Waals surface area contributed by atoms with Crippen molar-refractivity contribution in [2.24, 2.45) is 0 Å². The summed E-state index contributed by atoms with van der Waals surface area (Å²) >= 11 is 0. The number of nitrogen functional groups attached to an aromatic ring is 1. The molecule has 108 valence electrons. The van der Waals surface area contributed by atoms with Crippen molar-refractivity contribution >= 4 is 21.7 Å². The van der Waals surface area contributed by atoms with Crippen LogP contribution < -0.4 is 15.8 Å². The molecular weight excluding hydrogens is 280 g/mol. The van der Waals surface area contributed by atoms with E-state index in [-0.39, 0.29) is 16.1 Å². The first-order valence-corrected chi connectivity index (χ1v) is 7.49. The van der Waals surface area contributed by atoms with Crippen molar-refractivity contribution in [3.63, 3.8) is 0 Å². The molecular formula is C12H16N4O3S. The lowest BCUT2D eigenvalue weighted by molar-refractivity contribution is 0.245. The number of hydrogen-bond acceptors (Lipinski definition) is 5. The number of benzene rings is 1. The Hall–Kier alpha value is -2.27. The number of urea groups is 1. The van der Waals surface area contributed by atoms with Gasteiger partial charge in [0.15, 0.2) is 0 Å². The Balaban J connectivity index is 2.84. The number of unbranched alkanes of at least 4 members (excludes halogenated alkanes) is 1. The summed E-state index contributed by atoms with van der Waals surface area (Å²) in [5.74, 6) is 0. The van der Waals surface area contributed by atoms with Gasteiger partial charge in [-0.2, -0.15) is 5.26 Å². The molecule has 0 saturated heterocycles. The van der Waals surface area contributed by atoms with Gasteiger partial charge in [-0.3, -0.25) is 0 Å². The molecule has 4 N–H and O–H groups in total. The smallest absolute Gasteiger partial charge is 0.328 e. The van der Waals surface area contributed by atoms with Crippen LogP contribution in [0.25, 0.3) is 0 Å². The van der Waals surface area contributed by atoms with Gasteiger partial charge in [-0.1, -0.05) is 13.3 Å². The molecule has 0 fully saturated rings. The van der Waals surface area contributed by atoms with Gasteiger partial charge in [-0.25, -0.2) is 17.9 Å². The fourth-order valence-electron chi connectivity index (χ4n) is 1.45. The van der Waals surface area contributed by atoms with E-state index >= 15 is 0 Å². The molecule has 1 aromatic carbocycles. The van der Waals surface area contributed by atoms with Crippen molar-refractivity contribution in [2.45, 2.75) is 24.7 Å². The minimum Gasteiger partial charge on any atom is -0.398 e. The molecule has 0 bridgehead atoms. The van der Waals surface area contributed by atoms with Crippen LogP contribution in [-0.2, 0) is 10.0 Å². The number of nitrogens with one attached hydrogen (secondary N) is 2. The van der Waals surface area contributed by atoms with E-state index < -0.39 is 16.1 Å². The second-order valence-electron chi connectivity index (χ2n) is 4.08. The monoisotopic (exact) mass is 296 g/mol. The van der Waals surface area contributed by atoms with Gasteiger partial charge in [0.1, 0.15) is 4.90 Å². The standard InChI is InChI=1S/C12H16N4O3S/c1-2-3-6-15-12(17)16-20(18,19)11-5-4-9(8-13)7-10(11)14/h4-5,7H,2-3,6,14H2,1H3,(H2,15,16,17). The van der Waals surface area contributed by atoms with Crippen LogP contribution in [0.2, 0.25) is 0 Å². The van der Waals surface area contributed by atoms with E-state index in [9.17, 15) is 13.2 Å². The van der Waals surface area contributed by atoms with Crippen LogP contribution in [0, 0.1) is 11.3 Å². The topological polar surface area (TPSA) is 125 Å². The number of rotatable bonds is 5. The molecule has 0 aliphatic carbocycles. The summed E-state index contributed by atoms with van der Waals surface area (Å²) in [6.45, 7) is 2.34. The van der Waals surface area contributed by atoms with E-state index in [0.29, 0.717) is 6.54 Å². The maximum absolute atomic E-state index is 12.0. The zero-order valence-corrected chi connectivity index (χ0v) is 11.8. The van der Waals surface area contributed by atoms with Crippen molar-refractivity contribution in [3.05, 3.63) is 23.8 Å². The lowest BCUT2D eigenvalue weighted by Gasteiger charge is -2.10. The van der Waals surface area contributed by atoms with E-state index in [4.69, 9.17) is 11.0 Å². The molecule has 8 heteroatoms. The zero-order valence-electron chi connectivity index (χ0n) is 11.0. The van der Waals surface area contributed by atoms with Crippen molar-refractivity contribution < 1.29 is 13.2 Å². The molecule has 0 saturated carbocycles. The summed E-state index contributed by atoms with van der Waals surface area (Å²) in [7, 11) is -4.05. The SMILES string of the molecule is CCCCNC(=O)NS(=O)(=O)c1ccc(C#N)cc1N. The minimum atomic E-state index is -4.05. The molecule has 0 heterocycles. The molecule has 0 radical (unpaired) electrons. The molecule has 0 unspecified atom stereocenters. The Morgan fingerprint density at radius 2 is 2.15 bits per heavy atom. The van der Waals surface area contributed by atoms with Gasteiger partial charge in [-0.15, -0.1) is 0 Å². The summed E-state index contributed by atoms with van der Waals surface area (Å²) < 4.78 is 25.8. The second-order valence-corrected chi connectivity index (χ2v) is 5.73. The van der Waals surface area contributed by atoms with Gasteiger partial charge in [-0.05, 0) is 24.6 Å². The van der Waals surface area contributed by atoms with Gasteiger partial charge in [0, 0.05) is 6.54 Å². The van der Waals surface area contributed by atoms with Crippen LogP contribution in [0.4, 0.5) is 10.5 Å². The first-order valence-electron chi connectivity index (χ1n) is 6.01. The maximum atomic E-state index is 12.0. The number of hydrogen-bond donors (Lipinski definition) is 3. The van der Waals surface area contributed by atoms with Crippen LogP contribution in [0.3, 0.4) is 0 Å². The second kappa shape index (κ2) is 6.77. The number of anilines is 1. The molecule has 0 aromatic heterocycles. The number of sulfonamides is 1. The molecule has 0 aliphatic heterocycles. The van der Waals surface area contributed by atoms with Crippen LogP contribution in [-0.4, -0.2) is 21.0 Å². The molecule has 2 amide bonds. The fourth-order valence-corrected chi connectivity index (χ4v) is 2.50. The number of nitrogens with zero attached hydrogens (tertiary/aromatic N) is 1. The third kappa shape index (κ3) is 4.13. The third-order valence-corrected chi connectivity index (χ3v) is 3.88. The van der Waals surface area contributed by atoms with Crippen LogP contribution in [0.5, 0.6) is 0 Å². The zero-order chi connectivity index (χ0) is 15.2. The maximum Gasteiger partial charge on any atom is 0.328 e. The molecule has 0 atom stereocenters. The third-order valence-electron chi connectivity index (χ3n) is 2.47. The minimum absolute atomic E-state index is 0.0853. The van der Waals surface area contributed by atoms with Gasteiger partial charge in [0.25, 0.3) is 10.0 Å². The number of nitrogens with two attached hydrogens (primary N) is 1. The lowest BCUT2D eigenvalue weighted by Crippen LogP contribution is -2.39. The molecule has 1 aromatic rings. The van der Waals surface area contributed by atoms with Crippen LogP contribution >= 0.6 is 0 Å². The first kappa shape index (κ1) is 15.8. The van der Waals surface area contributed by atoms with Gasteiger partial charge in [0.2, 0.25) is 0 Å². The number of carbonyl (C=O) groups excluding carboxylic acids is 1. The Labute approximate surface area is 117 Å². The number of carbonyl (C=O) groups is 1. The van der Waals surface area contributed by atoms with Crippen molar-refractivity contribution in [3.8, 4) is 6.07 Å². The predicted octanol–water partition coefficient (Wildman–Crippen LogP) is 0.928.